The summed E-state index contributed by atoms with van der Waals surface area (Å²) >= 11 is 5.59. The van der Waals surface area contributed by atoms with E-state index in [1.54, 1.807) is 24.3 Å². The lowest BCUT2D eigenvalue weighted by Gasteiger charge is -2.06. The van der Waals surface area contributed by atoms with E-state index in [2.05, 4.69) is 20.8 Å². The minimum Gasteiger partial charge on any atom is -0.351 e. The van der Waals surface area contributed by atoms with E-state index in [0.717, 1.165) is 0 Å². The number of carbonyl (C=O) groups is 2. The first kappa shape index (κ1) is 13.8. The average molecular weight is 292 g/mol. The number of urea groups is 1. The third-order valence-electron chi connectivity index (χ3n) is 2.27. The molecule has 2 aromatic rings. The van der Waals surface area contributed by atoms with Crippen molar-refractivity contribution in [3.63, 3.8) is 0 Å². The van der Waals surface area contributed by atoms with E-state index in [-0.39, 0.29) is 10.8 Å². The number of rotatable bonds is 3. The summed E-state index contributed by atoms with van der Waals surface area (Å²) in [7, 11) is 0. The number of halogens is 1. The largest absolute Gasteiger partial charge is 0.351 e. The highest BCUT2D eigenvalue weighted by molar-refractivity contribution is 6.29. The smallest absolute Gasteiger partial charge is 0.316 e. The summed E-state index contributed by atoms with van der Waals surface area (Å²) in [6.07, 6.45) is 0. The van der Waals surface area contributed by atoms with Gasteiger partial charge in [0.05, 0.1) is 0 Å². The molecular weight excluding hydrogens is 282 g/mol. The molecule has 0 radical (unpaired) electrons. The topological polar surface area (TPSA) is 110 Å². The number of carbonyl (C=O) groups excluding carboxylic acids is 2. The Morgan fingerprint density at radius 1 is 0.950 bits per heavy atom. The molecule has 0 aliphatic rings. The molecule has 0 fully saturated rings. The molecule has 1 aromatic carbocycles. The van der Waals surface area contributed by atoms with Crippen LogP contribution in [0.1, 0.15) is 10.5 Å². The van der Waals surface area contributed by atoms with Crippen LogP contribution < -0.4 is 16.4 Å². The number of nitrogens with zero attached hydrogens (tertiary/aromatic N) is 2. The number of amides is 3. The van der Waals surface area contributed by atoms with Gasteiger partial charge in [-0.05, 0) is 36.4 Å². The summed E-state index contributed by atoms with van der Waals surface area (Å²) in [4.78, 5) is 22.5. The number of benzene rings is 1. The van der Waals surface area contributed by atoms with E-state index in [1.807, 2.05) is 0 Å². The first-order chi connectivity index (χ1) is 9.54. The van der Waals surface area contributed by atoms with Crippen LogP contribution in [-0.2, 0) is 0 Å². The third kappa shape index (κ3) is 3.66. The Morgan fingerprint density at radius 2 is 1.55 bits per heavy atom. The molecule has 1 heterocycles. The third-order valence-corrected chi connectivity index (χ3v) is 2.48. The molecule has 20 heavy (non-hydrogen) atoms. The molecule has 0 aliphatic carbocycles. The van der Waals surface area contributed by atoms with Gasteiger partial charge in [0, 0.05) is 11.4 Å². The van der Waals surface area contributed by atoms with Crippen molar-refractivity contribution >= 4 is 34.9 Å². The van der Waals surface area contributed by atoms with Crippen LogP contribution in [0.15, 0.2) is 36.4 Å². The number of anilines is 2. The number of hydrogen-bond acceptors (Lipinski definition) is 4. The summed E-state index contributed by atoms with van der Waals surface area (Å²) in [6.45, 7) is 0. The normalized spacial score (nSPS) is 9.85. The van der Waals surface area contributed by atoms with Gasteiger partial charge in [-0.1, -0.05) is 11.6 Å². The first-order valence-electron chi connectivity index (χ1n) is 5.52. The predicted molar refractivity (Wildman–Crippen MR) is 74.6 cm³/mol. The Morgan fingerprint density at radius 3 is 2.05 bits per heavy atom. The van der Waals surface area contributed by atoms with Gasteiger partial charge in [-0.15, -0.1) is 10.2 Å². The lowest BCUT2D eigenvalue weighted by molar-refractivity contribution is 0.102. The molecule has 0 saturated carbocycles. The van der Waals surface area contributed by atoms with Crippen LogP contribution >= 0.6 is 11.6 Å². The predicted octanol–water partition coefficient (Wildman–Crippen LogP) is 1.87. The molecule has 3 amide bonds. The number of hydrogen-bond donors (Lipinski definition) is 3. The van der Waals surface area contributed by atoms with Crippen molar-refractivity contribution in [2.24, 2.45) is 5.73 Å². The first-order valence-corrected chi connectivity index (χ1v) is 5.89. The summed E-state index contributed by atoms with van der Waals surface area (Å²) in [5.74, 6) is -0.412. The van der Waals surface area contributed by atoms with Crippen molar-refractivity contribution in [2.45, 2.75) is 0 Å². The SMILES string of the molecule is NC(=O)Nc1ccc(NC(=O)c2ccc(Cl)nn2)cc1. The summed E-state index contributed by atoms with van der Waals surface area (Å²) in [5.41, 5.74) is 6.21. The van der Waals surface area contributed by atoms with E-state index >= 15 is 0 Å². The molecule has 0 bridgehead atoms. The Labute approximate surface area is 119 Å². The van der Waals surface area contributed by atoms with Crippen molar-refractivity contribution in [3.8, 4) is 0 Å². The van der Waals surface area contributed by atoms with Crippen LogP contribution in [0, 0.1) is 0 Å². The van der Waals surface area contributed by atoms with Gasteiger partial charge < -0.3 is 16.4 Å². The van der Waals surface area contributed by atoms with Gasteiger partial charge in [0.1, 0.15) is 0 Å². The molecule has 0 aliphatic heterocycles. The summed E-state index contributed by atoms with van der Waals surface area (Å²) in [6, 6.07) is 8.73. The van der Waals surface area contributed by atoms with Gasteiger partial charge in [-0.2, -0.15) is 0 Å². The van der Waals surface area contributed by atoms with E-state index in [9.17, 15) is 9.59 Å². The second-order valence-electron chi connectivity index (χ2n) is 3.76. The van der Waals surface area contributed by atoms with E-state index in [1.165, 1.54) is 12.1 Å². The van der Waals surface area contributed by atoms with Crippen LogP contribution in [-0.4, -0.2) is 22.1 Å². The fourth-order valence-electron chi connectivity index (χ4n) is 1.41. The standard InChI is InChI=1S/C12H10ClN5O2/c13-10-6-5-9(17-18-10)11(19)15-7-1-3-8(4-2-7)16-12(14)20/h1-6H,(H,15,19)(H3,14,16,20). The monoisotopic (exact) mass is 291 g/mol. The molecule has 1 aromatic heterocycles. The molecular formula is C12H10ClN5O2. The zero-order valence-corrected chi connectivity index (χ0v) is 10.9. The lowest BCUT2D eigenvalue weighted by atomic mass is 10.2. The average Bonchev–Trinajstić information content (AvgIpc) is 2.41. The van der Waals surface area contributed by atoms with Gasteiger partial charge in [0.25, 0.3) is 5.91 Å². The zero-order valence-electron chi connectivity index (χ0n) is 10.1. The van der Waals surface area contributed by atoms with Crippen molar-refractivity contribution in [2.75, 3.05) is 10.6 Å². The molecule has 0 atom stereocenters. The Bertz CT molecular complexity index is 627. The number of aromatic nitrogens is 2. The van der Waals surface area contributed by atoms with Gasteiger partial charge in [0.15, 0.2) is 10.8 Å². The quantitative estimate of drug-likeness (QED) is 0.801. The van der Waals surface area contributed by atoms with E-state index in [4.69, 9.17) is 17.3 Å². The summed E-state index contributed by atoms with van der Waals surface area (Å²) < 4.78 is 0. The maximum atomic E-state index is 11.8. The maximum Gasteiger partial charge on any atom is 0.316 e. The van der Waals surface area contributed by atoms with Crippen molar-refractivity contribution in [1.29, 1.82) is 0 Å². The van der Waals surface area contributed by atoms with E-state index < -0.39 is 11.9 Å². The Balaban J connectivity index is 2.04. The molecule has 7 nitrogen and oxygen atoms in total. The zero-order chi connectivity index (χ0) is 14.5. The number of primary amides is 1. The Hall–Kier alpha value is -2.67. The highest BCUT2D eigenvalue weighted by Gasteiger charge is 2.08. The highest BCUT2D eigenvalue weighted by atomic mass is 35.5. The molecule has 0 saturated heterocycles. The fraction of sp³-hybridized carbons (Fsp3) is 0. The van der Waals surface area contributed by atoms with Gasteiger partial charge >= 0.3 is 6.03 Å². The van der Waals surface area contributed by atoms with Gasteiger partial charge in [0.2, 0.25) is 0 Å². The van der Waals surface area contributed by atoms with Crippen LogP contribution in [0.3, 0.4) is 0 Å². The van der Waals surface area contributed by atoms with Gasteiger partial charge in [-0.3, -0.25) is 4.79 Å². The summed E-state index contributed by atoms with van der Waals surface area (Å²) in [5, 5.41) is 12.5. The second-order valence-corrected chi connectivity index (χ2v) is 4.15. The number of nitrogens with two attached hydrogens (primary N) is 1. The molecule has 0 spiro atoms. The fourth-order valence-corrected chi connectivity index (χ4v) is 1.51. The van der Waals surface area contributed by atoms with Crippen LogP contribution in [0.5, 0.6) is 0 Å². The Kier molecular flexibility index (Phi) is 4.11. The molecule has 102 valence electrons. The second kappa shape index (κ2) is 5.98. The van der Waals surface area contributed by atoms with Crippen LogP contribution in [0.25, 0.3) is 0 Å². The minimum absolute atomic E-state index is 0.147. The highest BCUT2D eigenvalue weighted by Crippen LogP contribution is 2.14. The van der Waals surface area contributed by atoms with Crippen molar-refractivity contribution < 1.29 is 9.59 Å². The van der Waals surface area contributed by atoms with Crippen LogP contribution in [0.4, 0.5) is 16.2 Å². The number of nitrogens with one attached hydrogen (secondary N) is 2. The maximum absolute atomic E-state index is 11.8. The minimum atomic E-state index is -0.654. The van der Waals surface area contributed by atoms with Gasteiger partial charge in [-0.25, -0.2) is 4.79 Å². The van der Waals surface area contributed by atoms with Crippen molar-refractivity contribution in [1.82, 2.24) is 10.2 Å². The lowest BCUT2D eigenvalue weighted by Crippen LogP contribution is -2.19. The van der Waals surface area contributed by atoms with E-state index in [0.29, 0.717) is 11.4 Å². The van der Waals surface area contributed by atoms with Crippen molar-refractivity contribution in [3.05, 3.63) is 47.2 Å². The molecule has 4 N–H and O–H groups in total. The van der Waals surface area contributed by atoms with Crippen LogP contribution in [0.2, 0.25) is 5.15 Å². The molecule has 2 rings (SSSR count). The molecule has 8 heteroatoms. The molecule has 0 unspecified atom stereocenters.